The van der Waals surface area contributed by atoms with Gasteiger partial charge < -0.3 is 4.57 Å². The smallest absolute Gasteiger partial charge is 0.101 e. The lowest BCUT2D eigenvalue weighted by molar-refractivity contribution is 0.527. The second-order valence-corrected chi connectivity index (χ2v) is 7.12. The molecule has 4 rings (SSSR count). The Labute approximate surface area is 142 Å². The Morgan fingerprint density at radius 2 is 2.08 bits per heavy atom. The van der Waals surface area contributed by atoms with E-state index in [-0.39, 0.29) is 0 Å². The summed E-state index contributed by atoms with van der Waals surface area (Å²) in [5, 5.41) is 14.8. The predicted molar refractivity (Wildman–Crippen MR) is 94.7 cm³/mol. The van der Waals surface area contributed by atoms with E-state index in [1.807, 2.05) is 29.3 Å². The molecule has 0 unspecified atom stereocenters. The largest absolute Gasteiger partial charge is 0.346 e. The molecule has 1 fully saturated rings. The lowest BCUT2D eigenvalue weighted by Crippen LogP contribution is -2.02. The molecule has 4 nitrogen and oxygen atoms in total. The Morgan fingerprint density at radius 3 is 2.79 bits per heavy atom. The maximum Gasteiger partial charge on any atom is 0.101 e. The molecule has 1 aliphatic carbocycles. The lowest BCUT2D eigenvalue weighted by Gasteiger charge is -2.10. The third-order valence-electron chi connectivity index (χ3n) is 5.29. The summed E-state index contributed by atoms with van der Waals surface area (Å²) in [6.45, 7) is 4.20. The van der Waals surface area contributed by atoms with E-state index in [9.17, 15) is 5.26 Å². The van der Waals surface area contributed by atoms with Gasteiger partial charge in [-0.05, 0) is 54.9 Å². The van der Waals surface area contributed by atoms with Crippen molar-refractivity contribution in [1.82, 2.24) is 14.3 Å². The zero-order valence-corrected chi connectivity index (χ0v) is 14.1. The number of nitrogens with zero attached hydrogens (tertiary/aromatic N) is 4. The number of fused-ring (bicyclic) bond motifs is 1. The predicted octanol–water partition coefficient (Wildman–Crippen LogP) is 4.24. The summed E-state index contributed by atoms with van der Waals surface area (Å²) in [4.78, 5) is 0. The fourth-order valence-corrected chi connectivity index (χ4v) is 3.41. The van der Waals surface area contributed by atoms with Crippen LogP contribution in [0.4, 0.5) is 0 Å². The molecular weight excluding hydrogens is 296 g/mol. The SMILES string of the molecule is CC1(c2ccc3c(c2)c(C#N)cn3CCCCn2cccn2)CC1. The molecule has 0 amide bonds. The van der Waals surface area contributed by atoms with E-state index < -0.39 is 0 Å². The molecule has 122 valence electrons. The van der Waals surface area contributed by atoms with Crippen LogP contribution >= 0.6 is 0 Å². The Hall–Kier alpha value is -2.54. The summed E-state index contributed by atoms with van der Waals surface area (Å²) in [5.74, 6) is 0. The summed E-state index contributed by atoms with van der Waals surface area (Å²) >= 11 is 0. The van der Waals surface area contributed by atoms with Crippen LogP contribution in [-0.4, -0.2) is 14.3 Å². The van der Waals surface area contributed by atoms with Crippen molar-refractivity contribution >= 4 is 10.9 Å². The van der Waals surface area contributed by atoms with Gasteiger partial charge in [0, 0.05) is 42.6 Å². The minimum absolute atomic E-state index is 0.340. The molecule has 0 N–H and O–H groups in total. The Kier molecular flexibility index (Phi) is 3.65. The number of unbranched alkanes of at least 4 members (excludes halogenated alkanes) is 1. The summed E-state index contributed by atoms with van der Waals surface area (Å²) in [6.07, 6.45) is 10.5. The molecule has 0 aliphatic heterocycles. The molecule has 0 saturated heterocycles. The van der Waals surface area contributed by atoms with Gasteiger partial charge in [0.05, 0.1) is 5.56 Å². The third kappa shape index (κ3) is 2.71. The van der Waals surface area contributed by atoms with Crippen molar-refractivity contribution in [3.8, 4) is 6.07 Å². The van der Waals surface area contributed by atoms with E-state index in [0.29, 0.717) is 5.41 Å². The van der Waals surface area contributed by atoms with Crippen LogP contribution in [0.1, 0.15) is 43.7 Å². The van der Waals surface area contributed by atoms with Gasteiger partial charge in [-0.2, -0.15) is 10.4 Å². The molecule has 2 heterocycles. The van der Waals surface area contributed by atoms with Gasteiger partial charge in [-0.15, -0.1) is 0 Å². The first-order valence-corrected chi connectivity index (χ1v) is 8.70. The highest BCUT2D eigenvalue weighted by atomic mass is 15.3. The molecule has 0 atom stereocenters. The van der Waals surface area contributed by atoms with Crippen molar-refractivity contribution in [2.45, 2.75) is 51.1 Å². The number of rotatable bonds is 6. The van der Waals surface area contributed by atoms with Crippen LogP contribution in [0.3, 0.4) is 0 Å². The van der Waals surface area contributed by atoms with E-state index in [1.165, 1.54) is 23.9 Å². The Morgan fingerprint density at radius 1 is 1.25 bits per heavy atom. The molecule has 1 aromatic carbocycles. The third-order valence-corrected chi connectivity index (χ3v) is 5.29. The molecule has 0 spiro atoms. The quantitative estimate of drug-likeness (QED) is 0.638. The van der Waals surface area contributed by atoms with Crippen LogP contribution in [0.25, 0.3) is 10.9 Å². The molecular formula is C20H22N4. The molecule has 4 heteroatoms. The van der Waals surface area contributed by atoms with Crippen LogP contribution in [0.15, 0.2) is 42.9 Å². The zero-order chi connectivity index (χ0) is 16.6. The maximum atomic E-state index is 9.48. The number of hydrogen-bond donors (Lipinski definition) is 0. The van der Waals surface area contributed by atoms with Crippen LogP contribution in [0.5, 0.6) is 0 Å². The maximum absolute atomic E-state index is 9.48. The number of aryl methyl sites for hydroxylation is 2. The van der Waals surface area contributed by atoms with Crippen molar-refractivity contribution < 1.29 is 0 Å². The highest BCUT2D eigenvalue weighted by Crippen LogP contribution is 2.48. The van der Waals surface area contributed by atoms with Crippen molar-refractivity contribution in [1.29, 1.82) is 5.26 Å². The molecule has 3 aromatic rings. The minimum atomic E-state index is 0.340. The standard InChI is InChI=1S/C20H22N4/c1-20(7-8-20)17-5-6-19-18(13-17)16(14-21)15-23(19)10-2-3-11-24-12-4-9-22-24/h4-6,9,12-13,15H,2-3,7-8,10-11H2,1H3. The second kappa shape index (κ2) is 5.83. The normalized spacial score (nSPS) is 15.5. The van der Waals surface area contributed by atoms with E-state index in [4.69, 9.17) is 0 Å². The van der Waals surface area contributed by atoms with Gasteiger partial charge in [0.25, 0.3) is 0 Å². The van der Waals surface area contributed by atoms with Crippen molar-refractivity contribution in [2.24, 2.45) is 0 Å². The van der Waals surface area contributed by atoms with Gasteiger partial charge in [-0.1, -0.05) is 13.0 Å². The average molecular weight is 318 g/mol. The van der Waals surface area contributed by atoms with E-state index in [1.54, 1.807) is 0 Å². The van der Waals surface area contributed by atoms with Crippen LogP contribution in [0.2, 0.25) is 0 Å². The van der Waals surface area contributed by atoms with Gasteiger partial charge in [-0.3, -0.25) is 4.68 Å². The first-order valence-electron chi connectivity index (χ1n) is 8.70. The second-order valence-electron chi connectivity index (χ2n) is 7.12. The summed E-state index contributed by atoms with van der Waals surface area (Å²) in [7, 11) is 0. The van der Waals surface area contributed by atoms with Gasteiger partial charge in [0.1, 0.15) is 6.07 Å². The number of hydrogen-bond acceptors (Lipinski definition) is 2. The van der Waals surface area contributed by atoms with Gasteiger partial charge in [0.2, 0.25) is 0 Å². The van der Waals surface area contributed by atoms with E-state index in [0.717, 1.165) is 36.9 Å². The fourth-order valence-electron chi connectivity index (χ4n) is 3.41. The Bertz CT molecular complexity index is 892. The lowest BCUT2D eigenvalue weighted by atomic mass is 9.96. The monoisotopic (exact) mass is 318 g/mol. The molecule has 2 aromatic heterocycles. The fraction of sp³-hybridized carbons (Fsp3) is 0.400. The summed E-state index contributed by atoms with van der Waals surface area (Å²) in [6, 6.07) is 11.0. The van der Waals surface area contributed by atoms with E-state index in [2.05, 4.69) is 40.9 Å². The van der Waals surface area contributed by atoms with Crippen molar-refractivity contribution in [3.05, 3.63) is 54.0 Å². The van der Waals surface area contributed by atoms with Crippen LogP contribution in [0, 0.1) is 11.3 Å². The van der Waals surface area contributed by atoms with Gasteiger partial charge in [0.15, 0.2) is 0 Å². The van der Waals surface area contributed by atoms with Crippen LogP contribution < -0.4 is 0 Å². The number of benzene rings is 1. The first-order chi connectivity index (χ1) is 11.7. The zero-order valence-electron chi connectivity index (χ0n) is 14.1. The highest BCUT2D eigenvalue weighted by Gasteiger charge is 2.39. The summed E-state index contributed by atoms with van der Waals surface area (Å²) in [5.41, 5.74) is 3.69. The topological polar surface area (TPSA) is 46.5 Å². The van der Waals surface area contributed by atoms with Gasteiger partial charge >= 0.3 is 0 Å². The number of nitriles is 1. The molecule has 0 radical (unpaired) electrons. The van der Waals surface area contributed by atoms with Crippen molar-refractivity contribution in [3.63, 3.8) is 0 Å². The number of aromatic nitrogens is 3. The molecule has 24 heavy (non-hydrogen) atoms. The minimum Gasteiger partial charge on any atom is -0.346 e. The first kappa shape index (κ1) is 15.0. The molecule has 1 saturated carbocycles. The van der Waals surface area contributed by atoms with E-state index >= 15 is 0 Å². The molecule has 1 aliphatic rings. The van der Waals surface area contributed by atoms with Crippen LogP contribution in [-0.2, 0) is 18.5 Å². The van der Waals surface area contributed by atoms with Crippen molar-refractivity contribution in [2.75, 3.05) is 0 Å². The average Bonchev–Trinajstić information content (AvgIpc) is 3.02. The highest BCUT2D eigenvalue weighted by molar-refractivity contribution is 5.87. The Balaban J connectivity index is 1.51. The molecule has 0 bridgehead atoms. The summed E-state index contributed by atoms with van der Waals surface area (Å²) < 4.78 is 4.20. The van der Waals surface area contributed by atoms with Gasteiger partial charge in [-0.25, -0.2) is 0 Å².